The van der Waals surface area contributed by atoms with E-state index >= 15 is 0 Å². The minimum atomic E-state index is -1.04. The van der Waals surface area contributed by atoms with Gasteiger partial charge in [0, 0.05) is 29.0 Å². The minimum absolute atomic E-state index is 0.326. The molecule has 3 aromatic rings. The fourth-order valence-electron chi connectivity index (χ4n) is 2.74. The molecule has 2 aromatic carbocycles. The van der Waals surface area contributed by atoms with Gasteiger partial charge in [0.15, 0.2) is 5.13 Å². The Kier molecular flexibility index (Phi) is 6.36. The van der Waals surface area contributed by atoms with Crippen LogP contribution in [0.15, 0.2) is 60.8 Å². The van der Waals surface area contributed by atoms with Crippen LogP contribution in [-0.2, 0) is 10.8 Å². The van der Waals surface area contributed by atoms with Crippen LogP contribution in [0.4, 0.5) is 9.93 Å². The van der Waals surface area contributed by atoms with E-state index in [0.29, 0.717) is 10.9 Å². The molecule has 3 rings (SSSR count). The van der Waals surface area contributed by atoms with Gasteiger partial charge < -0.3 is 5.32 Å². The van der Waals surface area contributed by atoms with Gasteiger partial charge in [0.25, 0.3) is 0 Å². The Hall–Kier alpha value is -2.51. The number of aryl methyl sites for hydroxylation is 1. The zero-order chi connectivity index (χ0) is 19.2. The molecule has 0 saturated heterocycles. The molecule has 0 saturated carbocycles. The first-order chi connectivity index (χ1) is 13.0. The SMILES string of the molecule is Cc1ccccc1-c1cnc(NC(=O)NC(CS(C)=O)c2ccccc2)s1. The topological polar surface area (TPSA) is 71.1 Å². The second-order valence-corrected chi connectivity index (χ2v) is 8.66. The first-order valence-electron chi connectivity index (χ1n) is 8.47. The van der Waals surface area contributed by atoms with Gasteiger partial charge in [0.05, 0.1) is 10.9 Å². The summed E-state index contributed by atoms with van der Waals surface area (Å²) in [6.45, 7) is 2.05. The lowest BCUT2D eigenvalue weighted by atomic mass is 10.1. The number of carbonyl (C=O) groups excluding carboxylic acids is 1. The number of nitrogens with zero attached hydrogens (tertiary/aromatic N) is 1. The summed E-state index contributed by atoms with van der Waals surface area (Å²) in [5.74, 6) is 0.351. The highest BCUT2D eigenvalue weighted by Gasteiger charge is 2.17. The highest BCUT2D eigenvalue weighted by Crippen LogP contribution is 2.31. The van der Waals surface area contributed by atoms with Gasteiger partial charge in [-0.05, 0) is 23.6 Å². The fraction of sp³-hybridized carbons (Fsp3) is 0.200. The normalized spacial score (nSPS) is 13.0. The zero-order valence-electron chi connectivity index (χ0n) is 15.1. The predicted molar refractivity (Wildman–Crippen MR) is 113 cm³/mol. The number of amides is 2. The first kappa shape index (κ1) is 19.3. The van der Waals surface area contributed by atoms with E-state index in [9.17, 15) is 9.00 Å². The van der Waals surface area contributed by atoms with Crippen LogP contribution in [0, 0.1) is 6.92 Å². The third-order valence-electron chi connectivity index (χ3n) is 4.05. The smallest absolute Gasteiger partial charge is 0.321 e. The van der Waals surface area contributed by atoms with Crippen LogP contribution >= 0.6 is 11.3 Å². The lowest BCUT2D eigenvalue weighted by molar-refractivity contribution is 0.249. The molecule has 27 heavy (non-hydrogen) atoms. The molecule has 1 aromatic heterocycles. The summed E-state index contributed by atoms with van der Waals surface area (Å²) in [5.41, 5.74) is 3.18. The van der Waals surface area contributed by atoms with Crippen molar-refractivity contribution in [3.63, 3.8) is 0 Å². The highest BCUT2D eigenvalue weighted by molar-refractivity contribution is 7.84. The summed E-state index contributed by atoms with van der Waals surface area (Å²) in [5, 5.41) is 6.20. The van der Waals surface area contributed by atoms with Crippen molar-refractivity contribution in [2.45, 2.75) is 13.0 Å². The summed E-state index contributed by atoms with van der Waals surface area (Å²) in [4.78, 5) is 17.7. The molecular weight excluding hydrogens is 378 g/mol. The van der Waals surface area contributed by atoms with Gasteiger partial charge in [-0.2, -0.15) is 0 Å². The maximum atomic E-state index is 12.4. The van der Waals surface area contributed by atoms with Crippen LogP contribution < -0.4 is 10.6 Å². The number of thiazole rings is 1. The monoisotopic (exact) mass is 399 g/mol. The molecule has 0 aliphatic rings. The van der Waals surface area contributed by atoms with Gasteiger partial charge in [0.1, 0.15) is 0 Å². The lowest BCUT2D eigenvalue weighted by Gasteiger charge is -2.18. The van der Waals surface area contributed by atoms with E-state index in [1.54, 1.807) is 12.5 Å². The van der Waals surface area contributed by atoms with E-state index in [-0.39, 0.29) is 12.1 Å². The van der Waals surface area contributed by atoms with Gasteiger partial charge in [-0.3, -0.25) is 9.53 Å². The molecule has 0 spiro atoms. The molecule has 2 amide bonds. The number of nitrogens with one attached hydrogen (secondary N) is 2. The number of carbonyl (C=O) groups is 1. The van der Waals surface area contributed by atoms with E-state index in [4.69, 9.17) is 0 Å². The van der Waals surface area contributed by atoms with Crippen LogP contribution in [0.25, 0.3) is 10.4 Å². The number of rotatable bonds is 6. The number of urea groups is 1. The van der Waals surface area contributed by atoms with Gasteiger partial charge >= 0.3 is 6.03 Å². The van der Waals surface area contributed by atoms with Crippen molar-refractivity contribution in [3.8, 4) is 10.4 Å². The van der Waals surface area contributed by atoms with Gasteiger partial charge in [0.2, 0.25) is 0 Å². The van der Waals surface area contributed by atoms with Gasteiger partial charge in [-0.25, -0.2) is 9.78 Å². The number of aromatic nitrogens is 1. The number of benzene rings is 2. The van der Waals surface area contributed by atoms with Crippen LogP contribution in [-0.4, -0.2) is 27.2 Å². The van der Waals surface area contributed by atoms with E-state index < -0.39 is 10.8 Å². The Labute approximate surface area is 165 Å². The van der Waals surface area contributed by atoms with Crippen molar-refractivity contribution in [1.29, 1.82) is 0 Å². The van der Waals surface area contributed by atoms with Crippen molar-refractivity contribution in [3.05, 3.63) is 71.9 Å². The second-order valence-electron chi connectivity index (χ2n) is 6.15. The largest absolute Gasteiger partial charge is 0.330 e. The van der Waals surface area contributed by atoms with Crippen molar-refractivity contribution in [2.75, 3.05) is 17.3 Å². The quantitative estimate of drug-likeness (QED) is 0.647. The Morgan fingerprint density at radius 2 is 1.85 bits per heavy atom. The molecule has 0 aliphatic carbocycles. The Morgan fingerprint density at radius 1 is 1.15 bits per heavy atom. The van der Waals surface area contributed by atoms with E-state index in [1.165, 1.54) is 11.3 Å². The summed E-state index contributed by atoms with van der Waals surface area (Å²) < 4.78 is 11.7. The van der Waals surface area contributed by atoms with Crippen molar-refractivity contribution in [1.82, 2.24) is 10.3 Å². The van der Waals surface area contributed by atoms with Crippen LogP contribution in [0.5, 0.6) is 0 Å². The molecule has 0 fully saturated rings. The second kappa shape index (κ2) is 8.92. The van der Waals surface area contributed by atoms with Crippen molar-refractivity contribution < 1.29 is 9.00 Å². The molecular formula is C20H21N3O2S2. The van der Waals surface area contributed by atoms with E-state index in [1.807, 2.05) is 61.5 Å². The molecule has 2 unspecified atom stereocenters. The van der Waals surface area contributed by atoms with E-state index in [0.717, 1.165) is 21.6 Å². The molecule has 2 N–H and O–H groups in total. The third kappa shape index (κ3) is 5.24. The Balaban J connectivity index is 1.69. The predicted octanol–water partition coefficient (Wildman–Crippen LogP) is 4.36. The third-order valence-corrected chi connectivity index (χ3v) is 5.79. The number of hydrogen-bond donors (Lipinski definition) is 2. The number of hydrogen-bond acceptors (Lipinski definition) is 4. The van der Waals surface area contributed by atoms with Gasteiger partial charge in [-0.1, -0.05) is 65.9 Å². The standard InChI is InChI=1S/C20H21N3O2S2/c1-14-8-6-7-11-16(14)18-12-21-20(26-18)23-19(24)22-17(13-27(2)25)15-9-4-3-5-10-15/h3-12,17H,13H2,1-2H3,(H2,21,22,23,24). The number of anilines is 1. The molecule has 5 nitrogen and oxygen atoms in total. The molecule has 0 radical (unpaired) electrons. The van der Waals surface area contributed by atoms with Crippen LogP contribution in [0.2, 0.25) is 0 Å². The van der Waals surface area contributed by atoms with Gasteiger partial charge in [-0.15, -0.1) is 0 Å². The minimum Gasteiger partial charge on any atom is -0.330 e. The molecule has 1 heterocycles. The fourth-order valence-corrected chi connectivity index (χ4v) is 4.39. The van der Waals surface area contributed by atoms with Crippen molar-refractivity contribution >= 4 is 33.3 Å². The Morgan fingerprint density at radius 3 is 2.56 bits per heavy atom. The van der Waals surface area contributed by atoms with Crippen LogP contribution in [0.1, 0.15) is 17.2 Å². The summed E-state index contributed by atoms with van der Waals surface area (Å²) >= 11 is 1.42. The molecule has 2 atom stereocenters. The average Bonchev–Trinajstić information content (AvgIpc) is 3.10. The van der Waals surface area contributed by atoms with Crippen LogP contribution in [0.3, 0.4) is 0 Å². The molecule has 0 bridgehead atoms. The lowest BCUT2D eigenvalue weighted by Crippen LogP contribution is -2.35. The summed E-state index contributed by atoms with van der Waals surface area (Å²) in [7, 11) is -1.04. The maximum Gasteiger partial charge on any atom is 0.321 e. The Bertz CT molecular complexity index is 941. The summed E-state index contributed by atoms with van der Waals surface area (Å²) in [6, 6.07) is 16.9. The summed E-state index contributed by atoms with van der Waals surface area (Å²) in [6.07, 6.45) is 3.39. The molecule has 7 heteroatoms. The average molecular weight is 400 g/mol. The van der Waals surface area contributed by atoms with E-state index in [2.05, 4.69) is 15.6 Å². The highest BCUT2D eigenvalue weighted by atomic mass is 32.2. The zero-order valence-corrected chi connectivity index (χ0v) is 16.8. The first-order valence-corrected chi connectivity index (χ1v) is 11.0. The molecule has 0 aliphatic heterocycles. The molecule has 140 valence electrons. The van der Waals surface area contributed by atoms with Crippen molar-refractivity contribution in [2.24, 2.45) is 0 Å². The maximum absolute atomic E-state index is 12.4.